The molecule has 0 spiro atoms. The second-order valence-corrected chi connectivity index (χ2v) is 10.4. The molecule has 3 unspecified atom stereocenters. The Bertz CT molecular complexity index is 1130. The van der Waals surface area contributed by atoms with Crippen LogP contribution in [0.2, 0.25) is 0 Å². The number of carbonyl (C=O) groups is 4. The molecule has 2 aromatic rings. The first-order chi connectivity index (χ1) is 18.3. The van der Waals surface area contributed by atoms with Crippen LogP contribution in [-0.4, -0.2) is 58.2 Å². The van der Waals surface area contributed by atoms with Crippen LogP contribution in [0.1, 0.15) is 67.8 Å². The zero-order valence-corrected chi connectivity index (χ0v) is 21.9. The van der Waals surface area contributed by atoms with Crippen molar-refractivity contribution in [2.24, 2.45) is 5.92 Å². The van der Waals surface area contributed by atoms with Gasteiger partial charge in [0.05, 0.1) is 6.04 Å². The predicted octanol–water partition coefficient (Wildman–Crippen LogP) is 3.38. The molecule has 1 aliphatic carbocycles. The summed E-state index contributed by atoms with van der Waals surface area (Å²) in [6, 6.07) is 13.2. The van der Waals surface area contributed by atoms with E-state index in [9.17, 15) is 24.3 Å². The van der Waals surface area contributed by atoms with Crippen LogP contribution in [0.4, 0.5) is 0 Å². The summed E-state index contributed by atoms with van der Waals surface area (Å²) in [5.74, 6) is -0.988. The van der Waals surface area contributed by atoms with Crippen LogP contribution in [0, 0.1) is 5.92 Å². The summed E-state index contributed by atoms with van der Waals surface area (Å²) in [5, 5.41) is 15.6. The highest BCUT2D eigenvalue weighted by molar-refractivity contribution is 6.03. The quantitative estimate of drug-likeness (QED) is 0.440. The Morgan fingerprint density at radius 1 is 0.895 bits per heavy atom. The number of amides is 3. The molecule has 2 aliphatic rings. The van der Waals surface area contributed by atoms with Gasteiger partial charge in [-0.15, -0.1) is 0 Å². The topological polar surface area (TPSA) is 116 Å². The highest BCUT2D eigenvalue weighted by Crippen LogP contribution is 2.28. The summed E-state index contributed by atoms with van der Waals surface area (Å²) >= 11 is 0. The van der Waals surface area contributed by atoms with Gasteiger partial charge < -0.3 is 20.6 Å². The zero-order chi connectivity index (χ0) is 27.1. The van der Waals surface area contributed by atoms with Gasteiger partial charge in [-0.2, -0.15) is 0 Å². The van der Waals surface area contributed by atoms with Crippen LogP contribution in [0.5, 0.6) is 5.75 Å². The third-order valence-corrected chi connectivity index (χ3v) is 7.73. The molecule has 1 heterocycles. The molecule has 1 aliphatic heterocycles. The van der Waals surface area contributed by atoms with E-state index in [-0.39, 0.29) is 41.6 Å². The molecule has 38 heavy (non-hydrogen) atoms. The van der Waals surface area contributed by atoms with E-state index in [1.54, 1.807) is 53.4 Å². The lowest BCUT2D eigenvalue weighted by atomic mass is 9.83. The predicted molar refractivity (Wildman–Crippen MR) is 143 cm³/mol. The van der Waals surface area contributed by atoms with Crippen LogP contribution in [0.25, 0.3) is 0 Å². The van der Waals surface area contributed by atoms with Gasteiger partial charge in [-0.25, -0.2) is 0 Å². The van der Waals surface area contributed by atoms with Crippen molar-refractivity contribution in [1.29, 1.82) is 0 Å². The number of carbonyl (C=O) groups excluding carboxylic acids is 4. The number of ketones is 1. The van der Waals surface area contributed by atoms with Crippen molar-refractivity contribution < 1.29 is 24.3 Å². The largest absolute Gasteiger partial charge is 0.508 e. The van der Waals surface area contributed by atoms with Crippen molar-refractivity contribution >= 4 is 23.5 Å². The lowest BCUT2D eigenvalue weighted by Gasteiger charge is -2.33. The fourth-order valence-electron chi connectivity index (χ4n) is 5.67. The van der Waals surface area contributed by atoms with Gasteiger partial charge in [0, 0.05) is 25.5 Å². The molecular weight excluding hydrogens is 482 g/mol. The van der Waals surface area contributed by atoms with Gasteiger partial charge in [0.1, 0.15) is 17.8 Å². The molecule has 3 N–H and O–H groups in total. The van der Waals surface area contributed by atoms with E-state index in [0.29, 0.717) is 18.5 Å². The van der Waals surface area contributed by atoms with Crippen molar-refractivity contribution in [2.45, 2.75) is 76.4 Å². The second kappa shape index (κ2) is 12.7. The van der Waals surface area contributed by atoms with Crippen molar-refractivity contribution in [3.63, 3.8) is 0 Å². The number of likely N-dealkylation sites (tertiary alicyclic amines) is 1. The third-order valence-electron chi connectivity index (χ3n) is 7.73. The molecule has 202 valence electrons. The average molecular weight is 520 g/mol. The number of phenols is 1. The number of phenolic OH excluding ortho intramolecular Hbond substituents is 1. The lowest BCUT2D eigenvalue weighted by Crippen LogP contribution is -2.58. The molecular formula is C30H37N3O5. The summed E-state index contributed by atoms with van der Waals surface area (Å²) in [4.78, 5) is 54.2. The fraction of sp³-hybridized carbons (Fsp3) is 0.467. The SMILES string of the molecule is CC(=O)N1CCCC1C(=O)NC(C(=O)NC(Cc1ccc(O)cc1)C(=O)c1ccccc1)C1CCCCC1. The molecule has 3 atom stereocenters. The Kier molecular flexibility index (Phi) is 9.15. The Morgan fingerprint density at radius 2 is 1.58 bits per heavy atom. The summed E-state index contributed by atoms with van der Waals surface area (Å²) in [5.41, 5.74) is 1.27. The number of hydrogen-bond donors (Lipinski definition) is 3. The first kappa shape index (κ1) is 27.4. The maximum Gasteiger partial charge on any atom is 0.243 e. The van der Waals surface area contributed by atoms with E-state index >= 15 is 0 Å². The number of nitrogens with zero attached hydrogens (tertiary/aromatic N) is 1. The Labute approximate surface area is 223 Å². The van der Waals surface area contributed by atoms with Gasteiger partial charge in [0.15, 0.2) is 5.78 Å². The standard InChI is InChI=1S/C30H37N3O5/c1-20(34)33-18-8-13-26(33)29(37)32-27(22-9-4-2-5-10-22)30(38)31-25(19-21-14-16-24(35)17-15-21)28(36)23-11-6-3-7-12-23/h3,6-7,11-12,14-17,22,25-27,35H,2,4-5,8-10,13,18-19H2,1H3,(H,31,38)(H,32,37). The molecule has 8 nitrogen and oxygen atoms in total. The fourth-order valence-corrected chi connectivity index (χ4v) is 5.67. The van der Waals surface area contributed by atoms with Crippen molar-refractivity contribution in [3.8, 4) is 5.75 Å². The number of benzene rings is 2. The van der Waals surface area contributed by atoms with Crippen molar-refractivity contribution in [1.82, 2.24) is 15.5 Å². The Morgan fingerprint density at radius 3 is 2.24 bits per heavy atom. The number of Topliss-reactive ketones (excluding diaryl/α,β-unsaturated/α-hetero) is 1. The molecule has 0 bridgehead atoms. The first-order valence-electron chi connectivity index (χ1n) is 13.6. The van der Waals surface area contributed by atoms with Crippen molar-refractivity contribution in [2.75, 3.05) is 6.54 Å². The van der Waals surface area contributed by atoms with Gasteiger partial charge >= 0.3 is 0 Å². The molecule has 1 saturated carbocycles. The first-order valence-corrected chi connectivity index (χ1v) is 13.6. The summed E-state index contributed by atoms with van der Waals surface area (Å²) < 4.78 is 0. The highest BCUT2D eigenvalue weighted by Gasteiger charge is 2.38. The lowest BCUT2D eigenvalue weighted by molar-refractivity contribution is -0.138. The van der Waals surface area contributed by atoms with Gasteiger partial charge in [-0.3, -0.25) is 19.2 Å². The minimum Gasteiger partial charge on any atom is -0.508 e. The van der Waals surface area contributed by atoms with Gasteiger partial charge in [-0.1, -0.05) is 61.7 Å². The van der Waals surface area contributed by atoms with E-state index < -0.39 is 18.1 Å². The number of rotatable bonds is 9. The van der Waals surface area contributed by atoms with E-state index in [0.717, 1.165) is 44.1 Å². The molecule has 1 saturated heterocycles. The number of hydrogen-bond acceptors (Lipinski definition) is 5. The molecule has 2 aromatic carbocycles. The van der Waals surface area contributed by atoms with Crippen LogP contribution >= 0.6 is 0 Å². The van der Waals surface area contributed by atoms with E-state index in [4.69, 9.17) is 0 Å². The molecule has 0 aromatic heterocycles. The van der Waals surface area contributed by atoms with Crippen LogP contribution < -0.4 is 10.6 Å². The maximum absolute atomic E-state index is 13.8. The zero-order valence-electron chi connectivity index (χ0n) is 21.9. The summed E-state index contributed by atoms with van der Waals surface area (Å²) in [6.45, 7) is 1.99. The summed E-state index contributed by atoms with van der Waals surface area (Å²) in [7, 11) is 0. The normalized spacial score (nSPS) is 19.4. The summed E-state index contributed by atoms with van der Waals surface area (Å²) in [6.07, 6.45) is 6.24. The van der Waals surface area contributed by atoms with Gasteiger partial charge in [-0.05, 0) is 49.3 Å². The van der Waals surface area contributed by atoms with Crippen LogP contribution in [0.15, 0.2) is 54.6 Å². The van der Waals surface area contributed by atoms with Crippen LogP contribution in [-0.2, 0) is 20.8 Å². The minimum absolute atomic E-state index is 0.0407. The number of nitrogens with one attached hydrogen (secondary N) is 2. The second-order valence-electron chi connectivity index (χ2n) is 10.4. The number of aromatic hydroxyl groups is 1. The van der Waals surface area contributed by atoms with Crippen molar-refractivity contribution in [3.05, 3.63) is 65.7 Å². The highest BCUT2D eigenvalue weighted by atomic mass is 16.3. The van der Waals surface area contributed by atoms with E-state index in [1.165, 1.54) is 6.92 Å². The molecule has 2 fully saturated rings. The molecule has 0 radical (unpaired) electrons. The molecule has 3 amide bonds. The monoisotopic (exact) mass is 519 g/mol. The Balaban J connectivity index is 1.56. The maximum atomic E-state index is 13.8. The minimum atomic E-state index is -0.849. The third kappa shape index (κ3) is 6.79. The van der Waals surface area contributed by atoms with Crippen LogP contribution in [0.3, 0.4) is 0 Å². The van der Waals surface area contributed by atoms with E-state index in [1.807, 2.05) is 6.07 Å². The van der Waals surface area contributed by atoms with E-state index in [2.05, 4.69) is 10.6 Å². The molecule has 4 rings (SSSR count). The Hall–Kier alpha value is -3.68. The average Bonchev–Trinajstić information content (AvgIpc) is 3.44. The molecule has 8 heteroatoms. The van der Waals surface area contributed by atoms with Gasteiger partial charge in [0.2, 0.25) is 17.7 Å². The van der Waals surface area contributed by atoms with Gasteiger partial charge in [0.25, 0.3) is 0 Å². The smallest absolute Gasteiger partial charge is 0.243 e.